The van der Waals surface area contributed by atoms with E-state index < -0.39 is 0 Å². The van der Waals surface area contributed by atoms with Gasteiger partial charge in [-0.05, 0) is 80.4 Å². The third-order valence-corrected chi connectivity index (χ3v) is 6.86. The minimum Gasteiger partial charge on any atom is -0.490 e. The van der Waals surface area contributed by atoms with Gasteiger partial charge in [-0.1, -0.05) is 44.2 Å². The number of rotatable bonds is 2. The quantitative estimate of drug-likeness (QED) is 0.643. The molecule has 1 aromatic rings. The number of hydrogen-bond donors (Lipinski definition) is 0. The Balaban J connectivity index is 1.34. The van der Waals surface area contributed by atoms with Crippen LogP contribution >= 0.6 is 0 Å². The fourth-order valence-electron chi connectivity index (χ4n) is 5.42. The molecule has 0 aromatic heterocycles. The molecule has 1 nitrogen and oxygen atoms in total. The Kier molecular flexibility index (Phi) is 4.64. The summed E-state index contributed by atoms with van der Waals surface area (Å²) in [5.41, 5.74) is 2.74. The van der Waals surface area contributed by atoms with Crippen LogP contribution in [0.1, 0.15) is 75.3 Å². The van der Waals surface area contributed by atoms with E-state index in [0.717, 1.165) is 17.8 Å². The molecule has 4 rings (SSSR count). The molecule has 0 saturated heterocycles. The van der Waals surface area contributed by atoms with Crippen molar-refractivity contribution in [3.05, 3.63) is 29.3 Å². The summed E-state index contributed by atoms with van der Waals surface area (Å²) < 4.78 is 6.43. The van der Waals surface area contributed by atoms with Gasteiger partial charge in [0.25, 0.3) is 0 Å². The Morgan fingerprint density at radius 3 is 2.26 bits per heavy atom. The Hall–Kier alpha value is -0.980. The van der Waals surface area contributed by atoms with Crippen molar-refractivity contribution in [2.45, 2.75) is 83.7 Å². The number of fused-ring (bicyclic) bond motifs is 1. The summed E-state index contributed by atoms with van der Waals surface area (Å²) in [5.74, 6) is 4.07. The van der Waals surface area contributed by atoms with Gasteiger partial charge in [0.1, 0.15) is 11.9 Å². The topological polar surface area (TPSA) is 9.23 Å². The van der Waals surface area contributed by atoms with Gasteiger partial charge in [0.05, 0.1) is 0 Å². The Bertz CT molecular complexity index is 521. The summed E-state index contributed by atoms with van der Waals surface area (Å²) >= 11 is 0. The minimum absolute atomic E-state index is 0.483. The fourth-order valence-corrected chi connectivity index (χ4v) is 5.42. The van der Waals surface area contributed by atoms with Gasteiger partial charge in [0.15, 0.2) is 0 Å². The van der Waals surface area contributed by atoms with Gasteiger partial charge in [-0.2, -0.15) is 0 Å². The van der Waals surface area contributed by atoms with Crippen molar-refractivity contribution in [2.75, 3.05) is 0 Å². The van der Waals surface area contributed by atoms with Crippen molar-refractivity contribution in [3.63, 3.8) is 0 Å². The molecule has 1 aliphatic heterocycles. The molecular formula is C22H32O. The summed E-state index contributed by atoms with van der Waals surface area (Å²) in [6.07, 6.45) is 16.2. The molecule has 0 amide bonds. The normalized spacial score (nSPS) is 32.1. The average Bonchev–Trinajstić information content (AvgIpc) is 2.62. The van der Waals surface area contributed by atoms with Crippen LogP contribution in [0.2, 0.25) is 0 Å². The number of benzene rings is 1. The SMILES string of the molecule is Cc1ccc2c(c1)OC(C1CCC(C3CCCCC3)CC1)CC2. The molecule has 2 saturated carbocycles. The van der Waals surface area contributed by atoms with Crippen molar-refractivity contribution < 1.29 is 4.74 Å². The summed E-state index contributed by atoms with van der Waals surface area (Å²) in [7, 11) is 0. The summed E-state index contributed by atoms with van der Waals surface area (Å²) in [4.78, 5) is 0. The molecule has 1 heterocycles. The molecule has 2 fully saturated rings. The van der Waals surface area contributed by atoms with E-state index >= 15 is 0 Å². The zero-order valence-electron chi connectivity index (χ0n) is 14.7. The lowest BCUT2D eigenvalue weighted by atomic mass is 9.69. The maximum absolute atomic E-state index is 6.43. The maximum Gasteiger partial charge on any atom is 0.123 e. The van der Waals surface area contributed by atoms with Gasteiger partial charge in [-0.3, -0.25) is 0 Å². The summed E-state index contributed by atoms with van der Waals surface area (Å²) in [6.45, 7) is 2.17. The first-order valence-corrected chi connectivity index (χ1v) is 10.1. The lowest BCUT2D eigenvalue weighted by molar-refractivity contribution is 0.0629. The van der Waals surface area contributed by atoms with Crippen molar-refractivity contribution >= 4 is 0 Å². The van der Waals surface area contributed by atoms with Crippen molar-refractivity contribution in [1.82, 2.24) is 0 Å². The second-order valence-electron chi connectivity index (χ2n) is 8.38. The molecule has 1 aromatic carbocycles. The molecule has 23 heavy (non-hydrogen) atoms. The average molecular weight is 312 g/mol. The third-order valence-electron chi connectivity index (χ3n) is 6.86. The van der Waals surface area contributed by atoms with Crippen molar-refractivity contribution in [3.8, 4) is 5.75 Å². The van der Waals surface area contributed by atoms with Gasteiger partial charge in [0.2, 0.25) is 0 Å². The Morgan fingerprint density at radius 2 is 1.48 bits per heavy atom. The summed E-state index contributed by atoms with van der Waals surface area (Å²) in [6, 6.07) is 6.73. The van der Waals surface area contributed by atoms with Gasteiger partial charge in [-0.15, -0.1) is 0 Å². The first kappa shape index (κ1) is 15.5. The minimum atomic E-state index is 0.483. The van der Waals surface area contributed by atoms with E-state index in [1.807, 2.05) is 0 Å². The highest BCUT2D eigenvalue weighted by molar-refractivity contribution is 5.38. The van der Waals surface area contributed by atoms with Crippen LogP contribution in [-0.2, 0) is 6.42 Å². The first-order chi connectivity index (χ1) is 11.3. The van der Waals surface area contributed by atoms with Crippen molar-refractivity contribution in [1.29, 1.82) is 0 Å². The highest BCUT2D eigenvalue weighted by Crippen LogP contribution is 2.43. The highest BCUT2D eigenvalue weighted by Gasteiger charge is 2.34. The molecule has 126 valence electrons. The van der Waals surface area contributed by atoms with E-state index in [-0.39, 0.29) is 0 Å². The van der Waals surface area contributed by atoms with Crippen LogP contribution in [0.4, 0.5) is 0 Å². The fraction of sp³-hybridized carbons (Fsp3) is 0.727. The zero-order chi connectivity index (χ0) is 15.6. The van der Waals surface area contributed by atoms with Crippen LogP contribution in [0.3, 0.4) is 0 Å². The Morgan fingerprint density at radius 1 is 0.783 bits per heavy atom. The van der Waals surface area contributed by atoms with E-state index in [0.29, 0.717) is 6.10 Å². The highest BCUT2D eigenvalue weighted by atomic mass is 16.5. The van der Waals surface area contributed by atoms with Crippen LogP contribution in [0, 0.1) is 24.7 Å². The predicted molar refractivity (Wildman–Crippen MR) is 95.9 cm³/mol. The summed E-state index contributed by atoms with van der Waals surface area (Å²) in [5, 5.41) is 0. The van der Waals surface area contributed by atoms with Crippen LogP contribution in [0.25, 0.3) is 0 Å². The first-order valence-electron chi connectivity index (χ1n) is 10.1. The number of aryl methyl sites for hydroxylation is 2. The smallest absolute Gasteiger partial charge is 0.123 e. The third kappa shape index (κ3) is 3.44. The molecule has 1 unspecified atom stereocenters. The predicted octanol–water partition coefficient (Wildman–Crippen LogP) is 6.08. The molecular weight excluding hydrogens is 280 g/mol. The molecule has 1 heteroatoms. The van der Waals surface area contributed by atoms with E-state index in [1.165, 1.54) is 87.5 Å². The maximum atomic E-state index is 6.43. The molecule has 0 spiro atoms. The second kappa shape index (κ2) is 6.87. The van der Waals surface area contributed by atoms with Crippen molar-refractivity contribution in [2.24, 2.45) is 17.8 Å². The molecule has 0 N–H and O–H groups in total. The molecule has 3 aliphatic rings. The molecule has 0 bridgehead atoms. The standard InChI is InChI=1S/C22H32O/c1-16-7-8-20-13-14-21(23-22(20)15-16)19-11-9-18(10-12-19)17-5-3-2-4-6-17/h7-8,15,17-19,21H,2-6,9-14H2,1H3. The van der Waals surface area contributed by atoms with Gasteiger partial charge in [0, 0.05) is 0 Å². The largest absolute Gasteiger partial charge is 0.490 e. The number of ether oxygens (including phenoxy) is 1. The Labute approximate surface area is 141 Å². The van der Waals surface area contributed by atoms with Gasteiger partial charge in [-0.25, -0.2) is 0 Å². The molecule has 1 atom stereocenters. The second-order valence-corrected chi connectivity index (χ2v) is 8.38. The monoisotopic (exact) mass is 312 g/mol. The van der Waals surface area contributed by atoms with Gasteiger partial charge < -0.3 is 4.74 Å². The van der Waals surface area contributed by atoms with E-state index in [4.69, 9.17) is 4.74 Å². The van der Waals surface area contributed by atoms with E-state index in [1.54, 1.807) is 0 Å². The molecule has 2 aliphatic carbocycles. The lowest BCUT2D eigenvalue weighted by Gasteiger charge is -2.39. The zero-order valence-corrected chi connectivity index (χ0v) is 14.7. The number of hydrogen-bond acceptors (Lipinski definition) is 1. The lowest BCUT2D eigenvalue weighted by Crippen LogP contribution is -2.35. The molecule has 0 radical (unpaired) electrons. The van der Waals surface area contributed by atoms with E-state index in [2.05, 4.69) is 25.1 Å². The van der Waals surface area contributed by atoms with Crippen LogP contribution in [-0.4, -0.2) is 6.10 Å². The van der Waals surface area contributed by atoms with E-state index in [9.17, 15) is 0 Å². The van der Waals surface area contributed by atoms with Crippen LogP contribution in [0.15, 0.2) is 18.2 Å². The van der Waals surface area contributed by atoms with Crippen LogP contribution in [0.5, 0.6) is 5.75 Å². The van der Waals surface area contributed by atoms with Crippen LogP contribution < -0.4 is 4.74 Å². The van der Waals surface area contributed by atoms with Gasteiger partial charge >= 0.3 is 0 Å².